The van der Waals surface area contributed by atoms with E-state index in [1.165, 1.54) is 0 Å². The van der Waals surface area contributed by atoms with Crippen LogP contribution in [0, 0.1) is 6.92 Å². The zero-order chi connectivity index (χ0) is 19.9. The molecule has 1 amide bonds. The third kappa shape index (κ3) is 4.52. The van der Waals surface area contributed by atoms with Crippen molar-refractivity contribution in [1.29, 1.82) is 0 Å². The van der Waals surface area contributed by atoms with Gasteiger partial charge in [0, 0.05) is 16.8 Å². The van der Waals surface area contributed by atoms with Crippen molar-refractivity contribution >= 4 is 11.6 Å². The summed E-state index contributed by atoms with van der Waals surface area (Å²) in [4.78, 5) is 12.8. The molecule has 0 spiro atoms. The van der Waals surface area contributed by atoms with E-state index in [0.29, 0.717) is 17.9 Å². The quantitative estimate of drug-likeness (QED) is 0.602. The first kappa shape index (κ1) is 19.5. The lowest BCUT2D eigenvalue weighted by molar-refractivity contribution is 0.102. The van der Waals surface area contributed by atoms with Crippen molar-refractivity contribution in [2.24, 2.45) is 0 Å². The number of amides is 1. The molecule has 0 bridgehead atoms. The number of rotatable bonds is 7. The summed E-state index contributed by atoms with van der Waals surface area (Å²) in [6, 6.07) is 21.1. The van der Waals surface area contributed by atoms with Crippen LogP contribution in [-0.4, -0.2) is 13.0 Å². The van der Waals surface area contributed by atoms with Crippen molar-refractivity contribution in [2.45, 2.75) is 26.9 Å². The predicted molar refractivity (Wildman–Crippen MR) is 112 cm³/mol. The summed E-state index contributed by atoms with van der Waals surface area (Å²) < 4.78 is 11.4. The first-order chi connectivity index (χ1) is 13.6. The fourth-order valence-corrected chi connectivity index (χ4v) is 3.05. The maximum atomic E-state index is 12.8. The van der Waals surface area contributed by atoms with Gasteiger partial charge in [-0.3, -0.25) is 4.79 Å². The maximum Gasteiger partial charge on any atom is 0.255 e. The summed E-state index contributed by atoms with van der Waals surface area (Å²) in [6.07, 6.45) is 0.856. The first-order valence-corrected chi connectivity index (χ1v) is 9.37. The molecule has 3 aromatic rings. The highest BCUT2D eigenvalue weighted by atomic mass is 16.5. The molecule has 0 aromatic heterocycles. The van der Waals surface area contributed by atoms with E-state index in [9.17, 15) is 4.79 Å². The lowest BCUT2D eigenvalue weighted by Crippen LogP contribution is -2.14. The molecule has 0 heterocycles. The molecule has 1 N–H and O–H groups in total. The number of anilines is 1. The average Bonchev–Trinajstić information content (AvgIpc) is 2.73. The number of carbonyl (C=O) groups excluding carboxylic acids is 1. The van der Waals surface area contributed by atoms with Crippen LogP contribution in [0.1, 0.15) is 34.0 Å². The Kier molecular flexibility index (Phi) is 6.33. The van der Waals surface area contributed by atoms with Gasteiger partial charge in [-0.1, -0.05) is 43.3 Å². The fourth-order valence-electron chi connectivity index (χ4n) is 3.05. The zero-order valence-corrected chi connectivity index (χ0v) is 16.5. The Morgan fingerprint density at radius 2 is 1.68 bits per heavy atom. The van der Waals surface area contributed by atoms with Crippen LogP contribution in [0.5, 0.6) is 11.5 Å². The van der Waals surface area contributed by atoms with Gasteiger partial charge < -0.3 is 14.8 Å². The molecule has 0 saturated carbocycles. The lowest BCUT2D eigenvalue weighted by atomic mass is 10.1. The van der Waals surface area contributed by atoms with Crippen LogP contribution in [0.25, 0.3) is 0 Å². The molecule has 0 radical (unpaired) electrons. The first-order valence-electron chi connectivity index (χ1n) is 9.37. The van der Waals surface area contributed by atoms with Gasteiger partial charge in [0.25, 0.3) is 5.91 Å². The second kappa shape index (κ2) is 9.09. The topological polar surface area (TPSA) is 47.6 Å². The minimum Gasteiger partial charge on any atom is -0.496 e. The van der Waals surface area contributed by atoms with Gasteiger partial charge in [0.1, 0.15) is 18.1 Å². The van der Waals surface area contributed by atoms with E-state index in [4.69, 9.17) is 9.47 Å². The third-order valence-corrected chi connectivity index (χ3v) is 4.67. The van der Waals surface area contributed by atoms with Crippen molar-refractivity contribution < 1.29 is 14.3 Å². The van der Waals surface area contributed by atoms with E-state index >= 15 is 0 Å². The van der Waals surface area contributed by atoms with Gasteiger partial charge in [0.2, 0.25) is 0 Å². The second-order valence-electron chi connectivity index (χ2n) is 6.55. The number of para-hydroxylation sites is 2. The van der Waals surface area contributed by atoms with Gasteiger partial charge >= 0.3 is 0 Å². The van der Waals surface area contributed by atoms with Crippen LogP contribution >= 0.6 is 0 Å². The Bertz CT molecular complexity index is 966. The van der Waals surface area contributed by atoms with Gasteiger partial charge in [-0.05, 0) is 54.8 Å². The molecule has 28 heavy (non-hydrogen) atoms. The van der Waals surface area contributed by atoms with Crippen LogP contribution in [-0.2, 0) is 13.0 Å². The minimum atomic E-state index is -0.152. The van der Waals surface area contributed by atoms with Crippen LogP contribution in [0.15, 0.2) is 66.7 Å². The largest absolute Gasteiger partial charge is 0.496 e. The molecule has 0 unspecified atom stereocenters. The SMILES string of the molecule is CCc1ccccc1NC(=O)c1ccc(OC)c(COc2ccccc2C)c1. The lowest BCUT2D eigenvalue weighted by Gasteiger charge is -2.14. The number of ether oxygens (including phenoxy) is 2. The Labute approximate surface area is 166 Å². The fraction of sp³-hybridized carbons (Fsp3) is 0.208. The molecule has 4 nitrogen and oxygen atoms in total. The van der Waals surface area contributed by atoms with Crippen molar-refractivity contribution in [1.82, 2.24) is 0 Å². The molecule has 4 heteroatoms. The van der Waals surface area contributed by atoms with E-state index in [-0.39, 0.29) is 5.91 Å². The molecule has 0 aliphatic heterocycles. The van der Waals surface area contributed by atoms with Crippen LogP contribution in [0.4, 0.5) is 5.69 Å². The highest BCUT2D eigenvalue weighted by molar-refractivity contribution is 6.04. The van der Waals surface area contributed by atoms with Gasteiger partial charge in [-0.15, -0.1) is 0 Å². The number of hydrogen-bond acceptors (Lipinski definition) is 3. The third-order valence-electron chi connectivity index (χ3n) is 4.67. The molecule has 0 aliphatic carbocycles. The normalized spacial score (nSPS) is 10.4. The number of methoxy groups -OCH3 is 1. The van der Waals surface area contributed by atoms with Crippen molar-refractivity contribution in [3.8, 4) is 11.5 Å². The molecule has 3 aromatic carbocycles. The molecule has 0 saturated heterocycles. The van der Waals surface area contributed by atoms with Crippen LogP contribution in [0.2, 0.25) is 0 Å². The Balaban J connectivity index is 1.80. The molecular formula is C24H25NO3. The van der Waals surface area contributed by atoms with Gasteiger partial charge in [0.15, 0.2) is 0 Å². The summed E-state index contributed by atoms with van der Waals surface area (Å²) in [7, 11) is 1.61. The molecule has 3 rings (SSSR count). The van der Waals surface area contributed by atoms with Crippen molar-refractivity contribution in [3.05, 3.63) is 89.0 Å². The highest BCUT2D eigenvalue weighted by Crippen LogP contribution is 2.25. The molecular weight excluding hydrogens is 350 g/mol. The summed E-state index contributed by atoms with van der Waals surface area (Å²) in [6.45, 7) is 4.39. The van der Waals surface area contributed by atoms with E-state index in [1.54, 1.807) is 19.2 Å². The standard InChI is InChI=1S/C24H25NO3/c1-4-18-10-6-7-11-21(18)25-24(26)19-13-14-23(27-3)20(15-19)16-28-22-12-8-5-9-17(22)2/h5-15H,4,16H2,1-3H3,(H,25,26). The van der Waals surface area contributed by atoms with Crippen LogP contribution < -0.4 is 14.8 Å². The van der Waals surface area contributed by atoms with Gasteiger partial charge in [0.05, 0.1) is 7.11 Å². The van der Waals surface area contributed by atoms with E-state index in [2.05, 4.69) is 12.2 Å². The Hall–Kier alpha value is -3.27. The molecule has 0 atom stereocenters. The molecule has 0 fully saturated rings. The summed E-state index contributed by atoms with van der Waals surface area (Å²) in [5.74, 6) is 1.36. The number of benzene rings is 3. The van der Waals surface area contributed by atoms with Gasteiger partial charge in [-0.25, -0.2) is 0 Å². The molecule has 144 valence electrons. The second-order valence-corrected chi connectivity index (χ2v) is 6.55. The summed E-state index contributed by atoms with van der Waals surface area (Å²) in [5, 5.41) is 3.00. The van der Waals surface area contributed by atoms with Crippen molar-refractivity contribution in [2.75, 3.05) is 12.4 Å². The number of aryl methyl sites for hydroxylation is 2. The maximum absolute atomic E-state index is 12.8. The number of carbonyl (C=O) groups is 1. The highest BCUT2D eigenvalue weighted by Gasteiger charge is 2.13. The van der Waals surface area contributed by atoms with Crippen LogP contribution in [0.3, 0.4) is 0 Å². The van der Waals surface area contributed by atoms with Gasteiger partial charge in [-0.2, -0.15) is 0 Å². The summed E-state index contributed by atoms with van der Waals surface area (Å²) >= 11 is 0. The predicted octanol–water partition coefficient (Wildman–Crippen LogP) is 5.40. The number of hydrogen-bond donors (Lipinski definition) is 1. The van der Waals surface area contributed by atoms with Crippen molar-refractivity contribution in [3.63, 3.8) is 0 Å². The van der Waals surface area contributed by atoms with E-state index < -0.39 is 0 Å². The monoisotopic (exact) mass is 375 g/mol. The van der Waals surface area contributed by atoms with E-state index in [0.717, 1.165) is 34.5 Å². The summed E-state index contributed by atoms with van der Waals surface area (Å²) in [5.41, 5.74) is 4.39. The average molecular weight is 375 g/mol. The smallest absolute Gasteiger partial charge is 0.255 e. The minimum absolute atomic E-state index is 0.152. The zero-order valence-electron chi connectivity index (χ0n) is 16.5. The van der Waals surface area contributed by atoms with E-state index in [1.807, 2.05) is 61.5 Å². The Morgan fingerprint density at radius 3 is 2.43 bits per heavy atom. The Morgan fingerprint density at radius 1 is 0.929 bits per heavy atom. The number of nitrogens with one attached hydrogen (secondary N) is 1. The molecule has 0 aliphatic rings.